The van der Waals surface area contributed by atoms with Crippen LogP contribution in [0, 0.1) is 0 Å². The largest absolute Gasteiger partial charge is 0.399 e. The number of hydrogen-bond donors (Lipinski definition) is 3. The Morgan fingerprint density at radius 1 is 1.32 bits per heavy atom. The van der Waals surface area contributed by atoms with E-state index in [4.69, 9.17) is 5.73 Å². The Morgan fingerprint density at radius 2 is 2.21 bits per heavy atom. The fourth-order valence-electron chi connectivity index (χ4n) is 1.81. The molecule has 0 aliphatic carbocycles. The molecule has 0 saturated carbocycles. The minimum Gasteiger partial charge on any atom is -0.399 e. The summed E-state index contributed by atoms with van der Waals surface area (Å²) in [6.07, 6.45) is 4.51. The molecular formula is C12H10N6O. The average Bonchev–Trinajstić information content (AvgIpc) is 2.82. The second kappa shape index (κ2) is 4.37. The van der Waals surface area contributed by atoms with Crippen molar-refractivity contribution in [1.82, 2.24) is 20.2 Å². The first-order chi connectivity index (χ1) is 9.24. The highest BCUT2D eigenvalue weighted by molar-refractivity contribution is 6.12. The van der Waals surface area contributed by atoms with Gasteiger partial charge in [0.05, 0.1) is 18.0 Å². The van der Waals surface area contributed by atoms with Gasteiger partial charge in [-0.1, -0.05) is 0 Å². The number of amides is 1. The van der Waals surface area contributed by atoms with Crippen molar-refractivity contribution in [2.24, 2.45) is 0 Å². The van der Waals surface area contributed by atoms with Gasteiger partial charge in [-0.2, -0.15) is 5.10 Å². The van der Waals surface area contributed by atoms with Gasteiger partial charge >= 0.3 is 0 Å². The molecule has 0 bridgehead atoms. The van der Waals surface area contributed by atoms with E-state index >= 15 is 0 Å². The molecule has 0 aliphatic rings. The van der Waals surface area contributed by atoms with Crippen LogP contribution in [0.1, 0.15) is 10.4 Å². The molecule has 3 aromatic rings. The molecule has 0 fully saturated rings. The van der Waals surface area contributed by atoms with E-state index < -0.39 is 0 Å². The third kappa shape index (κ3) is 2.08. The lowest BCUT2D eigenvalue weighted by molar-refractivity contribution is 0.102. The van der Waals surface area contributed by atoms with Gasteiger partial charge in [0.15, 0.2) is 0 Å². The summed E-state index contributed by atoms with van der Waals surface area (Å²) in [5, 5.41) is 10.7. The van der Waals surface area contributed by atoms with Crippen LogP contribution in [0.5, 0.6) is 0 Å². The van der Waals surface area contributed by atoms with Gasteiger partial charge in [-0.05, 0) is 18.2 Å². The highest BCUT2D eigenvalue weighted by Crippen LogP contribution is 2.21. The van der Waals surface area contributed by atoms with E-state index in [0.717, 1.165) is 10.9 Å². The molecule has 0 spiro atoms. The fraction of sp³-hybridized carbons (Fsp3) is 0. The van der Waals surface area contributed by atoms with Crippen LogP contribution in [0.2, 0.25) is 0 Å². The molecule has 2 heterocycles. The predicted molar refractivity (Wildman–Crippen MR) is 70.5 cm³/mol. The summed E-state index contributed by atoms with van der Waals surface area (Å²) >= 11 is 0. The van der Waals surface area contributed by atoms with Gasteiger partial charge in [0.2, 0.25) is 5.95 Å². The summed E-state index contributed by atoms with van der Waals surface area (Å²) in [5.74, 6) is -0.138. The van der Waals surface area contributed by atoms with E-state index in [9.17, 15) is 4.79 Å². The zero-order chi connectivity index (χ0) is 13.2. The number of nitrogens with zero attached hydrogens (tertiary/aromatic N) is 3. The van der Waals surface area contributed by atoms with E-state index in [1.54, 1.807) is 24.4 Å². The smallest absolute Gasteiger partial charge is 0.260 e. The van der Waals surface area contributed by atoms with Crippen LogP contribution in [0.25, 0.3) is 10.9 Å². The molecule has 4 N–H and O–H groups in total. The van der Waals surface area contributed by atoms with Gasteiger partial charge in [0.25, 0.3) is 5.91 Å². The molecule has 0 atom stereocenters. The van der Waals surface area contributed by atoms with Crippen LogP contribution in [0.4, 0.5) is 11.6 Å². The molecule has 1 aromatic carbocycles. The first-order valence-corrected chi connectivity index (χ1v) is 5.56. The van der Waals surface area contributed by atoms with Crippen LogP contribution in [0.15, 0.2) is 36.8 Å². The second-order valence-corrected chi connectivity index (χ2v) is 3.93. The van der Waals surface area contributed by atoms with Gasteiger partial charge in [-0.15, -0.1) is 5.10 Å². The molecule has 0 radical (unpaired) electrons. The van der Waals surface area contributed by atoms with Crippen LogP contribution in [-0.2, 0) is 0 Å². The quantitative estimate of drug-likeness (QED) is 0.595. The Bertz CT molecular complexity index is 736. The zero-order valence-corrected chi connectivity index (χ0v) is 9.79. The molecule has 1 amide bonds. The van der Waals surface area contributed by atoms with Gasteiger partial charge in [-0.3, -0.25) is 10.1 Å². The normalized spacial score (nSPS) is 10.5. The third-order valence-electron chi connectivity index (χ3n) is 2.66. The number of benzene rings is 1. The number of fused-ring (bicyclic) bond motifs is 1. The maximum absolute atomic E-state index is 12.1. The highest BCUT2D eigenvalue weighted by Gasteiger charge is 2.13. The SMILES string of the molecule is Nc1ccc2c(C(=O)Nc3nccnn3)c[nH]c2c1. The molecule has 0 aliphatic heterocycles. The van der Waals surface area contributed by atoms with E-state index in [1.165, 1.54) is 12.4 Å². The van der Waals surface area contributed by atoms with Crippen molar-refractivity contribution >= 4 is 28.4 Å². The predicted octanol–water partition coefficient (Wildman–Crippen LogP) is 1.19. The van der Waals surface area contributed by atoms with Gasteiger partial charge in [0.1, 0.15) is 0 Å². The minimum atomic E-state index is -0.302. The lowest BCUT2D eigenvalue weighted by Crippen LogP contribution is -2.14. The number of anilines is 2. The number of aromatic nitrogens is 4. The van der Waals surface area contributed by atoms with Gasteiger partial charge in [-0.25, -0.2) is 4.98 Å². The summed E-state index contributed by atoms with van der Waals surface area (Å²) < 4.78 is 0. The monoisotopic (exact) mass is 254 g/mol. The number of carbonyl (C=O) groups is 1. The highest BCUT2D eigenvalue weighted by atomic mass is 16.1. The van der Waals surface area contributed by atoms with Crippen molar-refractivity contribution in [3.05, 3.63) is 42.4 Å². The van der Waals surface area contributed by atoms with Gasteiger partial charge in [0, 0.05) is 22.8 Å². The zero-order valence-electron chi connectivity index (χ0n) is 9.79. The number of hydrogen-bond acceptors (Lipinski definition) is 5. The van der Waals surface area contributed by atoms with Crippen molar-refractivity contribution in [1.29, 1.82) is 0 Å². The Balaban J connectivity index is 1.94. The van der Waals surface area contributed by atoms with Crippen LogP contribution < -0.4 is 11.1 Å². The Morgan fingerprint density at radius 3 is 3.00 bits per heavy atom. The van der Waals surface area contributed by atoms with Crippen molar-refractivity contribution in [2.45, 2.75) is 0 Å². The van der Waals surface area contributed by atoms with E-state index in [0.29, 0.717) is 11.3 Å². The summed E-state index contributed by atoms with van der Waals surface area (Å²) in [4.78, 5) is 19.0. The summed E-state index contributed by atoms with van der Waals surface area (Å²) in [6.45, 7) is 0. The summed E-state index contributed by atoms with van der Waals surface area (Å²) in [5.41, 5.74) is 7.63. The third-order valence-corrected chi connectivity index (χ3v) is 2.66. The summed E-state index contributed by atoms with van der Waals surface area (Å²) in [7, 11) is 0. The Hall–Kier alpha value is -2.96. The Kier molecular flexibility index (Phi) is 2.57. The van der Waals surface area contributed by atoms with E-state index in [-0.39, 0.29) is 11.9 Å². The topological polar surface area (TPSA) is 110 Å². The van der Waals surface area contributed by atoms with Crippen LogP contribution in [0.3, 0.4) is 0 Å². The molecule has 7 heteroatoms. The van der Waals surface area contributed by atoms with Gasteiger partial charge < -0.3 is 10.7 Å². The van der Waals surface area contributed by atoms with Crippen molar-refractivity contribution in [3.8, 4) is 0 Å². The molecule has 19 heavy (non-hydrogen) atoms. The molecule has 7 nitrogen and oxygen atoms in total. The molecule has 2 aromatic heterocycles. The first-order valence-electron chi connectivity index (χ1n) is 5.56. The number of rotatable bonds is 2. The lowest BCUT2D eigenvalue weighted by atomic mass is 10.1. The Labute approximate surface area is 107 Å². The maximum atomic E-state index is 12.1. The minimum absolute atomic E-state index is 0.164. The average molecular weight is 254 g/mol. The molecule has 3 rings (SSSR count). The first kappa shape index (κ1) is 11.1. The molecule has 94 valence electrons. The molecular weight excluding hydrogens is 244 g/mol. The number of nitrogen functional groups attached to an aromatic ring is 1. The number of nitrogens with two attached hydrogens (primary N) is 1. The standard InChI is InChI=1S/C12H10N6O/c13-7-1-2-8-9(6-15-10(8)5-7)11(19)17-12-14-3-4-16-18-12/h1-6,15H,13H2,(H,14,17,18,19). The fourth-order valence-corrected chi connectivity index (χ4v) is 1.81. The van der Waals surface area contributed by atoms with E-state index in [1.807, 2.05) is 0 Å². The maximum Gasteiger partial charge on any atom is 0.260 e. The molecule has 0 saturated heterocycles. The van der Waals surface area contributed by atoms with E-state index in [2.05, 4.69) is 25.5 Å². The van der Waals surface area contributed by atoms with Crippen molar-refractivity contribution in [3.63, 3.8) is 0 Å². The second-order valence-electron chi connectivity index (χ2n) is 3.93. The van der Waals surface area contributed by atoms with Crippen LogP contribution >= 0.6 is 0 Å². The number of aromatic amines is 1. The number of nitrogens with one attached hydrogen (secondary N) is 2. The molecule has 0 unspecified atom stereocenters. The van der Waals surface area contributed by atoms with Crippen molar-refractivity contribution < 1.29 is 4.79 Å². The summed E-state index contributed by atoms with van der Waals surface area (Å²) in [6, 6.07) is 5.31. The number of carbonyl (C=O) groups excluding carboxylic acids is 1. The lowest BCUT2D eigenvalue weighted by Gasteiger charge is -2.01. The van der Waals surface area contributed by atoms with Crippen LogP contribution in [-0.4, -0.2) is 26.1 Å². The van der Waals surface area contributed by atoms with Crippen molar-refractivity contribution in [2.75, 3.05) is 11.1 Å². The number of H-pyrrole nitrogens is 1.